The summed E-state index contributed by atoms with van der Waals surface area (Å²) in [5, 5.41) is 20.5. The first-order chi connectivity index (χ1) is 33.9. The Bertz CT molecular complexity index is 3100. The molecule has 3 aromatic heterocycles. The first-order valence-electron chi connectivity index (χ1n) is 24.1. The fourth-order valence-electron chi connectivity index (χ4n) is 10.1. The standard InChI is InChI=1S/C29H31N3O4.C14H16N2O.C12H15N3O2/c1-18-11-19(13-24-17-30-31-28(18)24)12-23(29(35)36-2)16-27(34)32-9-7-20(8-10-32)25-14-21-5-3-4-6-22(21)15-26(25)33;17-14-12(10-5-7-15-8-6-10)9-11-3-1-2-4-13(11)16-14;1-7-3-8(5-10(13)12(16)17-2)4-9-6-14-15-11(7)9/h3-6,11,13-14,17,20,23H,7-10,12,15-16H2,1-2H3,(H,30,31);1-4,9-10,15H,5-8H2,(H,16,17);3-4,6,10H,5,13H2,1-2H3,(H,14,15)/t23-;;10-/m0.1/s1. The van der Waals surface area contributed by atoms with E-state index in [1.54, 1.807) is 12.4 Å². The number of fused-ring (bicyclic) bond motifs is 4. The van der Waals surface area contributed by atoms with Gasteiger partial charge >= 0.3 is 11.9 Å². The number of Topliss-reactive ketones (excluding diaryl/α,β-unsaturated/α-hetero) is 1. The number of carbonyl (C=O) groups is 4. The van der Waals surface area contributed by atoms with Crippen LogP contribution in [0.15, 0.2) is 102 Å². The Balaban J connectivity index is 0.000000160. The first-order valence-corrected chi connectivity index (χ1v) is 24.1. The van der Waals surface area contributed by atoms with Crippen LogP contribution in [0.4, 0.5) is 0 Å². The van der Waals surface area contributed by atoms with E-state index in [1.165, 1.54) is 14.2 Å². The summed E-state index contributed by atoms with van der Waals surface area (Å²) in [5.74, 6) is -0.605. The van der Waals surface area contributed by atoms with Gasteiger partial charge in [-0.2, -0.15) is 10.2 Å². The summed E-state index contributed by atoms with van der Waals surface area (Å²) in [4.78, 5) is 66.7. The van der Waals surface area contributed by atoms with E-state index in [9.17, 15) is 24.0 Å². The molecule has 4 aromatic carbocycles. The smallest absolute Gasteiger partial charge is 0.322 e. The average molecular weight is 947 g/mol. The molecule has 2 saturated heterocycles. The van der Waals surface area contributed by atoms with Gasteiger partial charge in [0, 0.05) is 47.8 Å². The molecule has 2 fully saturated rings. The minimum Gasteiger partial charge on any atom is -0.469 e. The monoisotopic (exact) mass is 946 g/mol. The van der Waals surface area contributed by atoms with Gasteiger partial charge in [-0.15, -0.1) is 0 Å². The lowest BCUT2D eigenvalue weighted by Gasteiger charge is -2.34. The molecule has 10 rings (SSSR count). The van der Waals surface area contributed by atoms with E-state index < -0.39 is 17.9 Å². The summed E-state index contributed by atoms with van der Waals surface area (Å²) in [6, 6.07) is 25.4. The molecule has 0 unspecified atom stereocenters. The van der Waals surface area contributed by atoms with Crippen LogP contribution in [0, 0.1) is 25.7 Å². The molecule has 1 aliphatic carbocycles. The van der Waals surface area contributed by atoms with Gasteiger partial charge < -0.3 is 30.4 Å². The molecule has 70 heavy (non-hydrogen) atoms. The minimum atomic E-state index is -0.622. The molecule has 1 amide bonds. The number of hydrogen-bond donors (Lipinski definition) is 5. The van der Waals surface area contributed by atoms with Gasteiger partial charge in [0.2, 0.25) is 5.91 Å². The summed E-state index contributed by atoms with van der Waals surface area (Å²) in [6.45, 7) is 7.19. The molecule has 15 nitrogen and oxygen atoms in total. The number of para-hydroxylation sites is 1. The Morgan fingerprint density at radius 1 is 0.743 bits per heavy atom. The Labute approximate surface area is 406 Å². The van der Waals surface area contributed by atoms with E-state index in [4.69, 9.17) is 10.5 Å². The van der Waals surface area contributed by atoms with Gasteiger partial charge in [0.15, 0.2) is 5.78 Å². The summed E-state index contributed by atoms with van der Waals surface area (Å²) < 4.78 is 9.64. The maximum Gasteiger partial charge on any atom is 0.322 e. The number of allylic oxidation sites excluding steroid dienone is 1. The molecule has 0 radical (unpaired) electrons. The van der Waals surface area contributed by atoms with Crippen LogP contribution >= 0.6 is 0 Å². The number of aryl methyl sites for hydroxylation is 2. The Morgan fingerprint density at radius 2 is 1.36 bits per heavy atom. The van der Waals surface area contributed by atoms with Gasteiger partial charge in [-0.1, -0.05) is 54.6 Å². The van der Waals surface area contributed by atoms with Crippen molar-refractivity contribution in [1.82, 2.24) is 35.6 Å². The molecule has 0 spiro atoms. The third-order valence-electron chi connectivity index (χ3n) is 13.9. The molecule has 0 saturated carbocycles. The molecule has 3 aliphatic rings. The minimum absolute atomic E-state index is 0.0424. The van der Waals surface area contributed by atoms with Crippen molar-refractivity contribution in [1.29, 1.82) is 0 Å². The molecule has 15 heteroatoms. The van der Waals surface area contributed by atoms with Gasteiger partial charge in [0.1, 0.15) is 6.04 Å². The van der Waals surface area contributed by atoms with Crippen LogP contribution in [0.25, 0.3) is 38.8 Å². The highest BCUT2D eigenvalue weighted by Crippen LogP contribution is 2.33. The number of hydrogen-bond acceptors (Lipinski definition) is 11. The number of rotatable bonds is 10. The van der Waals surface area contributed by atoms with Crippen LogP contribution in [0.1, 0.15) is 77.0 Å². The zero-order valence-corrected chi connectivity index (χ0v) is 40.3. The number of ether oxygens (including phenoxy) is 2. The highest BCUT2D eigenvalue weighted by Gasteiger charge is 2.32. The number of ketones is 1. The lowest BCUT2D eigenvalue weighted by molar-refractivity contribution is -0.149. The molecule has 2 aliphatic heterocycles. The largest absolute Gasteiger partial charge is 0.469 e. The number of likely N-dealkylation sites (tertiary alicyclic amines) is 1. The number of aromatic amines is 3. The van der Waals surface area contributed by atoms with E-state index in [2.05, 4.69) is 53.6 Å². The number of esters is 2. The predicted molar refractivity (Wildman–Crippen MR) is 271 cm³/mol. The third-order valence-corrected chi connectivity index (χ3v) is 13.9. The number of carbonyl (C=O) groups excluding carboxylic acids is 4. The SMILES string of the molecule is COC(=O)[C@H](CC(=O)N1CCC(C2=Cc3ccccc3CC2=O)CC1)Cc1cc(C)c2[nH]ncc2c1.COC(=O)[C@H](N)Cc1cc(C)c2[nH]ncc2c1.O=c1[nH]c2ccccc2cc1C1CCNCC1. The third kappa shape index (κ3) is 11.6. The lowest BCUT2D eigenvalue weighted by Crippen LogP contribution is -2.41. The first kappa shape index (κ1) is 49.2. The highest BCUT2D eigenvalue weighted by atomic mass is 16.5. The van der Waals surface area contributed by atoms with Gasteiger partial charge in [0.05, 0.1) is 43.6 Å². The summed E-state index contributed by atoms with van der Waals surface area (Å²) in [6.07, 6.45) is 10.6. The zero-order valence-electron chi connectivity index (χ0n) is 40.3. The predicted octanol–water partition coefficient (Wildman–Crippen LogP) is 6.95. The fourth-order valence-corrected chi connectivity index (χ4v) is 10.1. The molecule has 7 aromatic rings. The molecule has 0 bridgehead atoms. The molecule has 2 atom stereocenters. The number of pyridine rings is 1. The van der Waals surface area contributed by atoms with Crippen LogP contribution in [-0.2, 0) is 47.9 Å². The van der Waals surface area contributed by atoms with Crippen LogP contribution in [-0.4, -0.2) is 100 Å². The number of aromatic nitrogens is 5. The van der Waals surface area contributed by atoms with Crippen molar-refractivity contribution >= 4 is 62.4 Å². The second kappa shape index (κ2) is 22.5. The lowest BCUT2D eigenvalue weighted by atomic mass is 9.80. The summed E-state index contributed by atoms with van der Waals surface area (Å²) >= 11 is 0. The Morgan fingerprint density at radius 3 is 2.01 bits per heavy atom. The number of benzene rings is 4. The van der Waals surface area contributed by atoms with E-state index >= 15 is 0 Å². The van der Waals surface area contributed by atoms with Crippen molar-refractivity contribution < 1.29 is 28.7 Å². The van der Waals surface area contributed by atoms with Gasteiger partial charge in [-0.25, -0.2) is 0 Å². The van der Waals surface area contributed by atoms with E-state index in [0.29, 0.717) is 38.3 Å². The van der Waals surface area contributed by atoms with Crippen molar-refractivity contribution in [2.45, 2.75) is 77.2 Å². The number of amides is 1. The van der Waals surface area contributed by atoms with Gasteiger partial charge in [0.25, 0.3) is 5.56 Å². The van der Waals surface area contributed by atoms with Gasteiger partial charge in [-0.05, 0) is 152 Å². The summed E-state index contributed by atoms with van der Waals surface area (Å²) in [5.41, 5.74) is 16.9. The maximum atomic E-state index is 13.2. The van der Waals surface area contributed by atoms with E-state index in [0.717, 1.165) is 116 Å². The summed E-state index contributed by atoms with van der Waals surface area (Å²) in [7, 11) is 2.70. The van der Waals surface area contributed by atoms with E-state index in [1.807, 2.05) is 85.5 Å². The van der Waals surface area contributed by atoms with Gasteiger partial charge in [-0.3, -0.25) is 34.2 Å². The number of nitrogens with two attached hydrogens (primary N) is 1. The number of nitrogens with zero attached hydrogens (tertiary/aromatic N) is 3. The number of piperidine rings is 2. The van der Waals surface area contributed by atoms with Crippen LogP contribution in [0.5, 0.6) is 0 Å². The normalized spacial score (nSPS) is 16.0. The number of methoxy groups -OCH3 is 2. The number of H-pyrrole nitrogens is 3. The average Bonchev–Trinajstić information content (AvgIpc) is 4.07. The molecule has 5 heterocycles. The second-order valence-electron chi connectivity index (χ2n) is 18.7. The Kier molecular flexibility index (Phi) is 15.8. The molecule has 6 N–H and O–H groups in total. The van der Waals surface area contributed by atoms with Crippen molar-refractivity contribution in [2.24, 2.45) is 17.6 Å². The topological polar surface area (TPSA) is 218 Å². The van der Waals surface area contributed by atoms with Crippen LogP contribution in [0.2, 0.25) is 0 Å². The Hall–Kier alpha value is -7.23. The fraction of sp³-hybridized carbons (Fsp3) is 0.364. The number of nitrogens with one attached hydrogen (secondary N) is 4. The zero-order chi connectivity index (χ0) is 49.3. The van der Waals surface area contributed by atoms with Crippen molar-refractivity contribution in [3.63, 3.8) is 0 Å². The van der Waals surface area contributed by atoms with Crippen LogP contribution < -0.4 is 16.6 Å². The van der Waals surface area contributed by atoms with Crippen molar-refractivity contribution in [3.05, 3.63) is 146 Å². The highest BCUT2D eigenvalue weighted by molar-refractivity contribution is 6.04. The maximum absolute atomic E-state index is 13.2. The molecular formula is C55H62N8O7. The van der Waals surface area contributed by atoms with Crippen LogP contribution in [0.3, 0.4) is 0 Å². The molecule has 364 valence electrons. The second-order valence-corrected chi connectivity index (χ2v) is 18.7. The van der Waals surface area contributed by atoms with Crippen molar-refractivity contribution in [2.75, 3.05) is 40.4 Å². The van der Waals surface area contributed by atoms with E-state index in [-0.39, 0.29) is 35.6 Å². The molecular weight excluding hydrogens is 885 g/mol. The quantitative estimate of drug-likeness (QED) is 0.0884. The van der Waals surface area contributed by atoms with Crippen molar-refractivity contribution in [3.8, 4) is 0 Å².